The summed E-state index contributed by atoms with van der Waals surface area (Å²) >= 11 is 0. The Kier molecular flexibility index (Phi) is 4.49. The zero-order valence-electron chi connectivity index (χ0n) is 16.9. The van der Waals surface area contributed by atoms with Gasteiger partial charge in [0.2, 0.25) is 11.9 Å². The number of benzene rings is 1. The molecule has 1 amide bonds. The Morgan fingerprint density at radius 3 is 2.83 bits per heavy atom. The number of likely N-dealkylation sites (tertiary alicyclic amines) is 1. The average Bonchev–Trinajstić information content (AvgIpc) is 3.21. The topological polar surface area (TPSA) is 65.1 Å². The van der Waals surface area contributed by atoms with E-state index in [1.54, 1.807) is 0 Å². The van der Waals surface area contributed by atoms with Gasteiger partial charge in [0.1, 0.15) is 0 Å². The number of aromatic nitrogens is 3. The van der Waals surface area contributed by atoms with Crippen molar-refractivity contribution in [3.8, 4) is 0 Å². The highest BCUT2D eigenvalue weighted by Gasteiger charge is 2.44. The van der Waals surface area contributed by atoms with Crippen LogP contribution in [-0.4, -0.2) is 44.4 Å². The molecule has 150 valence electrons. The third-order valence-corrected chi connectivity index (χ3v) is 6.68. The smallest absolute Gasteiger partial charge is 0.225 e. The molecule has 1 aromatic carbocycles. The molecule has 4 heterocycles. The number of carbonyl (C=O) groups excluding carboxylic acids is 1. The van der Waals surface area contributed by atoms with Gasteiger partial charge in [-0.2, -0.15) is 0 Å². The fourth-order valence-electron chi connectivity index (χ4n) is 5.05. The first-order chi connectivity index (χ1) is 14.1. The van der Waals surface area contributed by atoms with Gasteiger partial charge in [0.15, 0.2) is 0 Å². The Morgan fingerprint density at radius 2 is 2.00 bits per heavy atom. The Bertz CT molecular complexity index is 1030. The van der Waals surface area contributed by atoms with Gasteiger partial charge in [-0.05, 0) is 56.4 Å². The fraction of sp³-hybridized carbons (Fsp3) is 0.435. The monoisotopic (exact) mass is 389 g/mol. The van der Waals surface area contributed by atoms with Crippen LogP contribution in [0.5, 0.6) is 0 Å². The van der Waals surface area contributed by atoms with E-state index in [0.29, 0.717) is 18.9 Å². The van der Waals surface area contributed by atoms with E-state index in [9.17, 15) is 4.79 Å². The van der Waals surface area contributed by atoms with Crippen molar-refractivity contribution in [3.63, 3.8) is 0 Å². The van der Waals surface area contributed by atoms with Crippen molar-refractivity contribution in [2.75, 3.05) is 18.0 Å². The van der Waals surface area contributed by atoms with Crippen LogP contribution in [0.25, 0.3) is 10.9 Å². The van der Waals surface area contributed by atoms with E-state index in [1.807, 2.05) is 25.4 Å². The summed E-state index contributed by atoms with van der Waals surface area (Å²) < 4.78 is 0. The Hall–Kier alpha value is -2.89. The molecular formula is C23H27N5O. The number of anilines is 1. The minimum atomic E-state index is -0.0475. The first kappa shape index (κ1) is 18.2. The lowest BCUT2D eigenvalue weighted by molar-refractivity contribution is -0.144. The number of nitrogens with zero attached hydrogens (tertiary/aromatic N) is 4. The largest absolute Gasteiger partial charge is 0.361 e. The van der Waals surface area contributed by atoms with Crippen LogP contribution in [0.2, 0.25) is 0 Å². The number of fused-ring (bicyclic) bond motifs is 1. The Balaban J connectivity index is 1.39. The van der Waals surface area contributed by atoms with Crippen molar-refractivity contribution >= 4 is 22.8 Å². The molecular weight excluding hydrogens is 362 g/mol. The molecule has 2 aliphatic rings. The molecule has 0 radical (unpaired) electrons. The van der Waals surface area contributed by atoms with Crippen LogP contribution in [0.15, 0.2) is 42.7 Å². The second-order valence-electron chi connectivity index (χ2n) is 8.40. The van der Waals surface area contributed by atoms with E-state index in [0.717, 1.165) is 55.9 Å². The highest BCUT2D eigenvalue weighted by molar-refractivity contribution is 5.84. The van der Waals surface area contributed by atoms with Crippen LogP contribution in [-0.2, 0) is 11.3 Å². The molecule has 3 aromatic rings. The predicted molar refractivity (Wildman–Crippen MR) is 114 cm³/mol. The summed E-state index contributed by atoms with van der Waals surface area (Å²) in [5.74, 6) is 1.11. The lowest BCUT2D eigenvalue weighted by Gasteiger charge is -2.51. The summed E-state index contributed by atoms with van der Waals surface area (Å²) in [7, 11) is 0. The molecule has 0 atom stereocenters. The highest BCUT2D eigenvalue weighted by atomic mass is 16.2. The van der Waals surface area contributed by atoms with Crippen LogP contribution < -0.4 is 4.90 Å². The van der Waals surface area contributed by atoms with Gasteiger partial charge in [0.25, 0.3) is 0 Å². The number of piperidine rings is 2. The number of hydrogen-bond acceptors (Lipinski definition) is 4. The van der Waals surface area contributed by atoms with E-state index in [1.165, 1.54) is 10.9 Å². The molecule has 5 rings (SSSR count). The van der Waals surface area contributed by atoms with Crippen LogP contribution in [0.4, 0.5) is 5.95 Å². The second-order valence-corrected chi connectivity index (χ2v) is 8.40. The molecule has 2 aromatic heterocycles. The number of amides is 1. The SMILES string of the molecule is Cc1ccnc(N2CCC3(CCCC(=O)N3Cc3cccc4[nH]ccc34)CC2)n1. The highest BCUT2D eigenvalue weighted by Crippen LogP contribution is 2.40. The number of H-pyrrole nitrogens is 1. The van der Waals surface area contributed by atoms with Crippen molar-refractivity contribution in [1.82, 2.24) is 19.9 Å². The summed E-state index contributed by atoms with van der Waals surface area (Å²) in [6.45, 7) is 4.47. The standard InChI is InChI=1S/C23H27N5O/c1-17-7-12-25-22(26-17)27-14-10-23(11-15-27)9-3-6-21(29)28(23)16-18-4-2-5-20-19(18)8-13-24-20/h2,4-5,7-8,12-13,24H,3,6,9-11,14-16H2,1H3. The first-order valence-corrected chi connectivity index (χ1v) is 10.5. The van der Waals surface area contributed by atoms with Crippen LogP contribution in [0.3, 0.4) is 0 Å². The van der Waals surface area contributed by atoms with Crippen molar-refractivity contribution in [1.29, 1.82) is 0 Å². The third kappa shape index (κ3) is 3.26. The summed E-state index contributed by atoms with van der Waals surface area (Å²) in [4.78, 5) is 29.8. The van der Waals surface area contributed by atoms with E-state index >= 15 is 0 Å². The predicted octanol–water partition coefficient (Wildman–Crippen LogP) is 3.82. The van der Waals surface area contributed by atoms with Gasteiger partial charge in [0.05, 0.1) is 0 Å². The maximum Gasteiger partial charge on any atom is 0.225 e. The summed E-state index contributed by atoms with van der Waals surface area (Å²) in [5.41, 5.74) is 3.30. The van der Waals surface area contributed by atoms with Gasteiger partial charge < -0.3 is 14.8 Å². The van der Waals surface area contributed by atoms with Crippen LogP contribution in [0.1, 0.15) is 43.4 Å². The quantitative estimate of drug-likeness (QED) is 0.740. The maximum absolute atomic E-state index is 13.0. The average molecular weight is 390 g/mol. The van der Waals surface area contributed by atoms with Crippen LogP contribution in [0, 0.1) is 6.92 Å². The molecule has 2 aliphatic heterocycles. The number of carbonyl (C=O) groups is 1. The summed E-state index contributed by atoms with van der Waals surface area (Å²) in [6.07, 6.45) is 8.49. The Labute approximate surface area is 171 Å². The molecule has 29 heavy (non-hydrogen) atoms. The van der Waals surface area contributed by atoms with Gasteiger partial charge in [-0.3, -0.25) is 4.79 Å². The molecule has 0 unspecified atom stereocenters. The van der Waals surface area contributed by atoms with Gasteiger partial charge in [0, 0.05) is 60.6 Å². The van der Waals surface area contributed by atoms with E-state index < -0.39 is 0 Å². The minimum Gasteiger partial charge on any atom is -0.361 e. The molecule has 1 spiro atoms. The van der Waals surface area contributed by atoms with Crippen molar-refractivity contribution in [2.45, 2.75) is 51.1 Å². The van der Waals surface area contributed by atoms with Crippen LogP contribution >= 0.6 is 0 Å². The number of nitrogens with one attached hydrogen (secondary N) is 1. The van der Waals surface area contributed by atoms with Crippen molar-refractivity contribution in [2.24, 2.45) is 0 Å². The van der Waals surface area contributed by atoms with E-state index in [-0.39, 0.29) is 5.54 Å². The lowest BCUT2D eigenvalue weighted by Crippen LogP contribution is -2.59. The molecule has 1 N–H and O–H groups in total. The van der Waals surface area contributed by atoms with Crippen molar-refractivity contribution in [3.05, 3.63) is 54.0 Å². The van der Waals surface area contributed by atoms with Crippen molar-refractivity contribution < 1.29 is 4.79 Å². The molecule has 0 bridgehead atoms. The molecule has 0 saturated carbocycles. The number of rotatable bonds is 3. The van der Waals surface area contributed by atoms with Gasteiger partial charge >= 0.3 is 0 Å². The Morgan fingerprint density at radius 1 is 1.14 bits per heavy atom. The zero-order valence-corrected chi connectivity index (χ0v) is 16.9. The minimum absolute atomic E-state index is 0.0475. The van der Waals surface area contributed by atoms with Gasteiger partial charge in [-0.1, -0.05) is 12.1 Å². The third-order valence-electron chi connectivity index (χ3n) is 6.68. The van der Waals surface area contributed by atoms with Gasteiger partial charge in [-0.15, -0.1) is 0 Å². The number of aryl methyl sites for hydroxylation is 1. The normalized spacial score (nSPS) is 19.3. The second kappa shape index (κ2) is 7.17. The first-order valence-electron chi connectivity index (χ1n) is 10.5. The molecule has 6 nitrogen and oxygen atoms in total. The number of hydrogen-bond donors (Lipinski definition) is 1. The van der Waals surface area contributed by atoms with E-state index in [4.69, 9.17) is 0 Å². The van der Waals surface area contributed by atoms with E-state index in [2.05, 4.69) is 49.0 Å². The molecule has 6 heteroatoms. The summed E-state index contributed by atoms with van der Waals surface area (Å²) in [6, 6.07) is 10.4. The van der Waals surface area contributed by atoms with Gasteiger partial charge in [-0.25, -0.2) is 9.97 Å². The molecule has 0 aliphatic carbocycles. The fourth-order valence-corrected chi connectivity index (χ4v) is 5.05. The molecule has 2 fully saturated rings. The lowest BCUT2D eigenvalue weighted by atomic mass is 9.78. The molecule has 2 saturated heterocycles. The maximum atomic E-state index is 13.0. The zero-order chi connectivity index (χ0) is 19.8. The summed E-state index contributed by atoms with van der Waals surface area (Å²) in [5, 5.41) is 1.21. The number of aromatic amines is 1.